The van der Waals surface area contributed by atoms with Crippen molar-refractivity contribution in [3.05, 3.63) is 52.4 Å². The summed E-state index contributed by atoms with van der Waals surface area (Å²) in [5, 5.41) is 3.11. The minimum absolute atomic E-state index is 0.0767. The molecule has 2 aliphatic rings. The molecule has 31 heavy (non-hydrogen) atoms. The monoisotopic (exact) mass is 438 g/mol. The molecule has 7 heteroatoms. The molecule has 0 atom stereocenters. The van der Waals surface area contributed by atoms with Crippen LogP contribution in [0.25, 0.3) is 6.08 Å². The van der Waals surface area contributed by atoms with E-state index < -0.39 is 0 Å². The van der Waals surface area contributed by atoms with E-state index in [2.05, 4.69) is 5.32 Å². The van der Waals surface area contributed by atoms with Crippen LogP contribution in [0.1, 0.15) is 41.6 Å². The fraction of sp³-hybridized carbons (Fsp3) is 0.333. The summed E-state index contributed by atoms with van der Waals surface area (Å²) in [6.45, 7) is 0. The number of carbonyl (C=O) groups is 2. The van der Waals surface area contributed by atoms with Crippen LogP contribution in [-0.2, 0) is 4.79 Å². The van der Waals surface area contributed by atoms with Gasteiger partial charge in [-0.2, -0.15) is 0 Å². The smallest absolute Gasteiger partial charge is 0.264 e. The Kier molecular flexibility index (Phi) is 6.23. The Bertz CT molecular complexity index is 1040. The second-order valence-electron chi connectivity index (χ2n) is 7.73. The second kappa shape index (κ2) is 9.06. The number of thioether (sulfide) groups is 1. The highest BCUT2D eigenvalue weighted by atomic mass is 32.2. The summed E-state index contributed by atoms with van der Waals surface area (Å²) < 4.78 is 10.6. The lowest BCUT2D eigenvalue weighted by Crippen LogP contribution is -2.33. The molecule has 1 N–H and O–H groups in total. The van der Waals surface area contributed by atoms with Gasteiger partial charge in [-0.1, -0.05) is 30.7 Å². The van der Waals surface area contributed by atoms with E-state index >= 15 is 0 Å². The average molecular weight is 439 g/mol. The van der Waals surface area contributed by atoms with Crippen LogP contribution in [0.2, 0.25) is 0 Å². The van der Waals surface area contributed by atoms with Gasteiger partial charge in [-0.3, -0.25) is 9.59 Å². The summed E-state index contributed by atoms with van der Waals surface area (Å²) >= 11 is 1.41. The number of fused-ring (bicyclic) bond motifs is 1. The van der Waals surface area contributed by atoms with Gasteiger partial charge in [0.05, 0.1) is 24.8 Å². The second-order valence-corrected chi connectivity index (χ2v) is 8.81. The van der Waals surface area contributed by atoms with Crippen LogP contribution in [-0.4, -0.2) is 39.1 Å². The Morgan fingerprint density at radius 1 is 1.10 bits per heavy atom. The number of hydrogen-bond donors (Lipinski definition) is 1. The van der Waals surface area contributed by atoms with Crippen LogP contribution in [0.3, 0.4) is 0 Å². The molecule has 1 fully saturated rings. The number of rotatable bonds is 5. The summed E-state index contributed by atoms with van der Waals surface area (Å²) in [6.07, 6.45) is 6.25. The van der Waals surface area contributed by atoms with E-state index in [0.29, 0.717) is 22.0 Å². The third-order valence-corrected chi connectivity index (χ3v) is 6.79. The topological polar surface area (TPSA) is 67.9 Å². The van der Waals surface area contributed by atoms with Gasteiger partial charge in [0.1, 0.15) is 0 Å². The normalized spacial score (nSPS) is 17.6. The predicted octanol–water partition coefficient (Wildman–Crippen LogP) is 4.49. The number of benzene rings is 2. The van der Waals surface area contributed by atoms with Gasteiger partial charge in [-0.15, -0.1) is 0 Å². The van der Waals surface area contributed by atoms with Gasteiger partial charge in [0, 0.05) is 23.5 Å². The quantitative estimate of drug-likeness (QED) is 0.697. The maximum absolute atomic E-state index is 13.0. The number of nitrogens with zero attached hydrogens (tertiary/aromatic N) is 1. The summed E-state index contributed by atoms with van der Waals surface area (Å²) in [5.41, 5.74) is 2.18. The van der Waals surface area contributed by atoms with E-state index in [1.807, 2.05) is 36.4 Å². The number of methoxy groups -OCH3 is 2. The first-order chi connectivity index (χ1) is 15.0. The molecule has 2 aromatic rings. The van der Waals surface area contributed by atoms with Crippen molar-refractivity contribution in [1.29, 1.82) is 0 Å². The van der Waals surface area contributed by atoms with Crippen LogP contribution < -0.4 is 19.7 Å². The minimum atomic E-state index is -0.111. The Labute approximate surface area is 186 Å². The van der Waals surface area contributed by atoms with Crippen LogP contribution in [0.5, 0.6) is 11.5 Å². The summed E-state index contributed by atoms with van der Waals surface area (Å²) in [4.78, 5) is 28.8. The lowest BCUT2D eigenvalue weighted by molar-refractivity contribution is -0.114. The summed E-state index contributed by atoms with van der Waals surface area (Å²) in [5.74, 6) is 1.06. The first-order valence-electron chi connectivity index (χ1n) is 10.3. The molecule has 1 aliphatic carbocycles. The van der Waals surface area contributed by atoms with Crippen molar-refractivity contribution in [1.82, 2.24) is 5.32 Å². The molecular weight excluding hydrogens is 412 g/mol. The van der Waals surface area contributed by atoms with Crippen LogP contribution >= 0.6 is 11.8 Å². The third kappa shape index (κ3) is 4.42. The lowest BCUT2D eigenvalue weighted by atomic mass is 10.1. The number of ether oxygens (including phenoxy) is 2. The maximum atomic E-state index is 13.0. The van der Waals surface area contributed by atoms with E-state index in [9.17, 15) is 9.59 Å². The van der Waals surface area contributed by atoms with Gasteiger partial charge in [0.2, 0.25) is 0 Å². The zero-order valence-electron chi connectivity index (χ0n) is 17.9. The Morgan fingerprint density at radius 3 is 2.55 bits per heavy atom. The van der Waals surface area contributed by atoms with Gasteiger partial charge in [-0.25, -0.2) is 0 Å². The highest BCUT2D eigenvalue weighted by Gasteiger charge is 2.28. The molecule has 2 amide bonds. The van der Waals surface area contributed by atoms with Crippen LogP contribution in [0.15, 0.2) is 46.2 Å². The zero-order valence-corrected chi connectivity index (χ0v) is 18.8. The molecule has 0 saturated heterocycles. The van der Waals surface area contributed by atoms with E-state index in [0.717, 1.165) is 41.8 Å². The Morgan fingerprint density at radius 2 is 1.84 bits per heavy atom. The average Bonchev–Trinajstić information content (AvgIpc) is 3.30. The molecule has 0 aromatic heterocycles. The molecule has 162 valence electrons. The number of likely N-dealkylation sites (N-methyl/N-ethyl adjacent to an activating group) is 1. The van der Waals surface area contributed by atoms with E-state index in [-0.39, 0.29) is 17.9 Å². The lowest BCUT2D eigenvalue weighted by Gasteiger charge is -2.27. The van der Waals surface area contributed by atoms with E-state index in [1.165, 1.54) is 11.8 Å². The Balaban J connectivity index is 1.58. The van der Waals surface area contributed by atoms with Gasteiger partial charge < -0.3 is 19.7 Å². The molecule has 2 aromatic carbocycles. The molecule has 0 radical (unpaired) electrons. The predicted molar refractivity (Wildman–Crippen MR) is 123 cm³/mol. The van der Waals surface area contributed by atoms with Crippen molar-refractivity contribution in [3.8, 4) is 11.5 Å². The van der Waals surface area contributed by atoms with Crippen molar-refractivity contribution in [2.75, 3.05) is 26.2 Å². The highest BCUT2D eigenvalue weighted by molar-refractivity contribution is 8.04. The van der Waals surface area contributed by atoms with Crippen LogP contribution in [0, 0.1) is 0 Å². The first kappa shape index (κ1) is 21.3. The summed E-state index contributed by atoms with van der Waals surface area (Å²) in [7, 11) is 4.91. The fourth-order valence-corrected chi connectivity index (χ4v) is 5.06. The van der Waals surface area contributed by atoms with Crippen molar-refractivity contribution in [2.24, 2.45) is 0 Å². The molecule has 0 bridgehead atoms. The Hall–Kier alpha value is -2.93. The van der Waals surface area contributed by atoms with Crippen LogP contribution in [0.4, 0.5) is 5.69 Å². The van der Waals surface area contributed by atoms with E-state index in [1.54, 1.807) is 32.2 Å². The molecule has 0 spiro atoms. The minimum Gasteiger partial charge on any atom is -0.493 e. The largest absolute Gasteiger partial charge is 0.493 e. The molecule has 1 heterocycles. The number of hydrogen-bond acceptors (Lipinski definition) is 5. The van der Waals surface area contributed by atoms with Gasteiger partial charge in [0.25, 0.3) is 11.8 Å². The standard InChI is InChI=1S/C24H26N2O4S/c1-26-18-14-16(23(27)25-17-6-4-5-7-17)9-11-21(18)31-22(24(26)28)13-15-8-10-19(29-2)20(12-15)30-3/h8-14,17H,4-7H2,1-3H3,(H,25,27)/b22-13-. The van der Waals surface area contributed by atoms with Crippen molar-refractivity contribution in [3.63, 3.8) is 0 Å². The van der Waals surface area contributed by atoms with Crippen molar-refractivity contribution in [2.45, 2.75) is 36.6 Å². The zero-order chi connectivity index (χ0) is 22.0. The number of amides is 2. The molecule has 1 saturated carbocycles. The first-order valence-corrected chi connectivity index (χ1v) is 11.2. The SMILES string of the molecule is COc1ccc(/C=C2\Sc3ccc(C(=O)NC4CCCC4)cc3N(C)C2=O)cc1OC. The number of carbonyl (C=O) groups excluding carboxylic acids is 2. The molecule has 6 nitrogen and oxygen atoms in total. The molecule has 1 aliphatic heterocycles. The fourth-order valence-electron chi connectivity index (χ4n) is 3.97. The highest BCUT2D eigenvalue weighted by Crippen LogP contribution is 2.42. The third-order valence-electron chi connectivity index (χ3n) is 5.71. The number of anilines is 1. The van der Waals surface area contributed by atoms with Gasteiger partial charge in [-0.05, 0) is 54.8 Å². The molecular formula is C24H26N2O4S. The van der Waals surface area contributed by atoms with Crippen molar-refractivity contribution < 1.29 is 19.1 Å². The van der Waals surface area contributed by atoms with E-state index in [4.69, 9.17) is 9.47 Å². The van der Waals surface area contributed by atoms with Gasteiger partial charge in [0.15, 0.2) is 11.5 Å². The number of nitrogens with one attached hydrogen (secondary N) is 1. The van der Waals surface area contributed by atoms with Gasteiger partial charge >= 0.3 is 0 Å². The molecule has 0 unspecified atom stereocenters. The van der Waals surface area contributed by atoms with Crippen molar-refractivity contribution >= 4 is 35.3 Å². The maximum Gasteiger partial charge on any atom is 0.264 e. The molecule has 4 rings (SSSR count). The summed E-state index contributed by atoms with van der Waals surface area (Å²) in [6, 6.07) is 11.3.